The normalized spacial score (nSPS) is 22.7. The van der Waals surface area contributed by atoms with Crippen LogP contribution in [0.5, 0.6) is 0 Å². The van der Waals surface area contributed by atoms with Gasteiger partial charge in [0.1, 0.15) is 22.7 Å². The van der Waals surface area contributed by atoms with Gasteiger partial charge in [0, 0.05) is 120 Å². The van der Waals surface area contributed by atoms with Crippen LogP contribution in [0.25, 0.3) is 6.08 Å². The van der Waals surface area contributed by atoms with Crippen molar-refractivity contribution >= 4 is 77.4 Å². The second-order valence-electron chi connectivity index (χ2n) is 24.4. The standard InChI is InChI=1S/C30H42F3N5O4S.C18H26F3N3O3S.C12H17BrN2O/c1-20-18-24(27(39)37(5)36(3)4)19-21(2)25(20)11-17-43(41,42)38-15-13-29(14-16-38)28(40)34-26(35-29)23-8-6-22(7-9-23)10-12-30(31,32)33;1-2-28(26,27)24-11-9-17(10-12-24)16(25)22-15(23-17)14-5-3-13(4-6-14)7-8-18(19,20)21;1-8-6-10(7-9(2)11(8)13)12(16)15(5)14(3)4/h11,17-19,22-23H,6-10,12-16H2,1-5H3,(H,34,35,40);2,13-14H,1,3-12H2,(H,22,23,25);6-7H,1-5H3/b17-11+;;. The van der Waals surface area contributed by atoms with Gasteiger partial charge in [-0.25, -0.2) is 26.9 Å². The Morgan fingerprint density at radius 2 is 0.943 bits per heavy atom. The lowest BCUT2D eigenvalue weighted by atomic mass is 9.79. The molecule has 4 aliphatic heterocycles. The van der Waals surface area contributed by atoms with Crippen LogP contribution in [-0.2, 0) is 29.6 Å². The Hall–Kier alpha value is -5.06. The van der Waals surface area contributed by atoms with Crippen LogP contribution in [0.3, 0.4) is 0 Å². The maximum absolute atomic E-state index is 13.2. The molecule has 2 saturated heterocycles. The molecule has 0 atom stereocenters. The number of amides is 4. The number of benzene rings is 2. The zero-order valence-electron chi connectivity index (χ0n) is 51.5. The molecule has 4 fully saturated rings. The van der Waals surface area contributed by atoms with Crippen LogP contribution in [0.4, 0.5) is 26.3 Å². The molecule has 6 aliphatic rings. The first kappa shape index (κ1) is 71.0. The second-order valence-corrected chi connectivity index (χ2v) is 28.9. The summed E-state index contributed by atoms with van der Waals surface area (Å²) in [7, 11) is 3.38. The van der Waals surface area contributed by atoms with Gasteiger partial charge < -0.3 is 10.6 Å². The number of rotatable bonds is 15. The fraction of sp³-hybridized carbons (Fsp3) is 0.633. The van der Waals surface area contributed by atoms with Gasteiger partial charge in [-0.05, 0) is 188 Å². The number of nitrogens with one attached hydrogen (secondary N) is 2. The first-order valence-electron chi connectivity index (χ1n) is 29.5. The molecule has 484 valence electrons. The highest BCUT2D eigenvalue weighted by atomic mass is 79.9. The highest BCUT2D eigenvalue weighted by Crippen LogP contribution is 2.41. The average Bonchev–Trinajstić information content (AvgIpc) is 3.07. The molecule has 2 aromatic rings. The summed E-state index contributed by atoms with van der Waals surface area (Å²) in [4.78, 5) is 59.8. The van der Waals surface area contributed by atoms with Gasteiger partial charge >= 0.3 is 12.4 Å². The largest absolute Gasteiger partial charge is 0.389 e. The van der Waals surface area contributed by atoms with Crippen molar-refractivity contribution in [3.05, 3.63) is 85.1 Å². The summed E-state index contributed by atoms with van der Waals surface area (Å²) in [6.07, 6.45) is -1.22. The lowest BCUT2D eigenvalue weighted by Crippen LogP contribution is -2.50. The first-order chi connectivity index (χ1) is 40.4. The van der Waals surface area contributed by atoms with Gasteiger partial charge in [0.25, 0.3) is 23.6 Å². The predicted molar refractivity (Wildman–Crippen MR) is 328 cm³/mol. The molecule has 18 nitrogen and oxygen atoms in total. The molecule has 0 bridgehead atoms. The van der Waals surface area contributed by atoms with E-state index in [2.05, 4.69) is 38.1 Å². The van der Waals surface area contributed by atoms with Crippen molar-refractivity contribution < 1.29 is 62.4 Å². The number of carbonyl (C=O) groups excluding carboxylic acids is 4. The lowest BCUT2D eigenvalue weighted by Gasteiger charge is -2.34. The summed E-state index contributed by atoms with van der Waals surface area (Å²) in [6.45, 7) is 11.7. The Labute approximate surface area is 517 Å². The molecular formula is C60H85BrF6N10O8S2. The molecular weight excluding hydrogens is 1250 g/mol. The van der Waals surface area contributed by atoms with E-state index in [1.807, 2.05) is 53.9 Å². The molecule has 87 heavy (non-hydrogen) atoms. The Bertz CT molecular complexity index is 3130. The molecule has 2 aromatic carbocycles. The number of carbonyl (C=O) groups is 4. The van der Waals surface area contributed by atoms with Crippen molar-refractivity contribution in [1.29, 1.82) is 0 Å². The molecule has 2 aliphatic carbocycles. The number of hydrogen-bond acceptors (Lipinski definition) is 12. The minimum atomic E-state index is -4.14. The molecule has 2 saturated carbocycles. The number of hydrogen-bond donors (Lipinski definition) is 2. The monoisotopic (exact) mass is 1330 g/mol. The number of piperidine rings is 2. The summed E-state index contributed by atoms with van der Waals surface area (Å²) in [5.41, 5.74) is 3.73. The van der Waals surface area contributed by atoms with Crippen LogP contribution in [0.1, 0.15) is 151 Å². The number of hydrazine groups is 2. The number of halogens is 7. The van der Waals surface area contributed by atoms with Crippen molar-refractivity contribution in [1.82, 2.24) is 39.3 Å². The Kier molecular flexibility index (Phi) is 23.5. The molecule has 27 heteroatoms. The smallest absolute Gasteiger partial charge is 0.312 e. The third kappa shape index (κ3) is 18.3. The zero-order chi connectivity index (χ0) is 64.8. The number of aryl methyl sites for hydroxylation is 4. The van der Waals surface area contributed by atoms with Crippen LogP contribution in [0, 0.1) is 51.4 Å². The SMILES string of the molecule is C=CS(=O)(=O)N1CCC2(CC1)N=C(C1CCC(CCC(F)(F)F)CC1)NC2=O.Cc1cc(C(=O)N(C)N(C)C)cc(C)c1/C=C/S(=O)(=O)N1CCC2(CC1)N=C(C1CCC(CCC(F)(F)F)CC1)NC2=O.Cc1cc(C(=O)N(C)N(C)C)cc(C)c1Br. The van der Waals surface area contributed by atoms with Gasteiger partial charge in [-0.1, -0.05) is 22.5 Å². The predicted octanol–water partition coefficient (Wildman–Crippen LogP) is 10.3. The van der Waals surface area contributed by atoms with Gasteiger partial charge in [0.05, 0.1) is 0 Å². The number of aliphatic imine (C=N–C) groups is 2. The molecule has 4 amide bonds. The summed E-state index contributed by atoms with van der Waals surface area (Å²) in [6, 6.07) is 7.30. The van der Waals surface area contributed by atoms with E-state index >= 15 is 0 Å². The Morgan fingerprint density at radius 3 is 1.26 bits per heavy atom. The van der Waals surface area contributed by atoms with Crippen LogP contribution in [0.15, 0.2) is 56.1 Å². The number of amidine groups is 2. The van der Waals surface area contributed by atoms with Gasteiger partial charge in [-0.3, -0.25) is 39.2 Å². The number of alkyl halides is 6. The summed E-state index contributed by atoms with van der Waals surface area (Å²) >= 11 is 3.49. The van der Waals surface area contributed by atoms with E-state index in [1.54, 1.807) is 61.4 Å². The molecule has 8 rings (SSSR count). The van der Waals surface area contributed by atoms with E-state index in [-0.39, 0.29) is 99.2 Å². The van der Waals surface area contributed by atoms with Gasteiger partial charge in [0.15, 0.2) is 0 Å². The third-order valence-electron chi connectivity index (χ3n) is 17.9. The molecule has 4 heterocycles. The van der Waals surface area contributed by atoms with Crippen molar-refractivity contribution in [2.45, 2.75) is 154 Å². The minimum Gasteiger partial charge on any atom is -0.312 e. The van der Waals surface area contributed by atoms with E-state index < -0.39 is 56.3 Å². The summed E-state index contributed by atoms with van der Waals surface area (Å²) < 4.78 is 129. The Morgan fingerprint density at radius 1 is 0.609 bits per heavy atom. The average molecular weight is 1330 g/mol. The summed E-state index contributed by atoms with van der Waals surface area (Å²) in [5, 5.41) is 14.4. The van der Waals surface area contributed by atoms with Gasteiger partial charge in [-0.2, -0.15) is 35.0 Å². The van der Waals surface area contributed by atoms with E-state index in [0.29, 0.717) is 81.4 Å². The lowest BCUT2D eigenvalue weighted by molar-refractivity contribution is -0.139. The number of nitrogens with zero attached hydrogens (tertiary/aromatic N) is 8. The van der Waals surface area contributed by atoms with E-state index in [0.717, 1.165) is 43.3 Å². The highest BCUT2D eigenvalue weighted by molar-refractivity contribution is 9.10. The van der Waals surface area contributed by atoms with Crippen LogP contribution < -0.4 is 10.6 Å². The molecule has 2 N–H and O–H groups in total. The topological polar surface area (TPSA) is 205 Å². The van der Waals surface area contributed by atoms with Crippen molar-refractivity contribution in [2.24, 2.45) is 33.7 Å². The minimum absolute atomic E-state index is 0.00343. The fourth-order valence-electron chi connectivity index (χ4n) is 12.1. The van der Waals surface area contributed by atoms with Crippen LogP contribution >= 0.6 is 15.9 Å². The van der Waals surface area contributed by atoms with E-state index in [4.69, 9.17) is 4.99 Å². The Balaban J connectivity index is 0.000000234. The number of sulfonamides is 2. The van der Waals surface area contributed by atoms with Gasteiger partial charge in [-0.15, -0.1) is 0 Å². The molecule has 0 unspecified atom stereocenters. The van der Waals surface area contributed by atoms with E-state index in [9.17, 15) is 62.4 Å². The van der Waals surface area contributed by atoms with Gasteiger partial charge in [0.2, 0.25) is 20.0 Å². The molecule has 2 spiro atoms. The zero-order valence-corrected chi connectivity index (χ0v) is 54.7. The van der Waals surface area contributed by atoms with E-state index in [1.165, 1.54) is 19.0 Å². The summed E-state index contributed by atoms with van der Waals surface area (Å²) in [5.74, 6) is 0.792. The van der Waals surface area contributed by atoms with Crippen molar-refractivity contribution in [2.75, 3.05) is 68.5 Å². The van der Waals surface area contributed by atoms with Crippen LogP contribution in [-0.4, -0.2) is 173 Å². The molecule has 0 radical (unpaired) electrons. The van der Waals surface area contributed by atoms with Crippen molar-refractivity contribution in [3.63, 3.8) is 0 Å². The first-order valence-corrected chi connectivity index (χ1v) is 33.3. The highest BCUT2D eigenvalue weighted by Gasteiger charge is 2.50. The molecule has 0 aromatic heterocycles. The maximum atomic E-state index is 13.2. The fourth-order valence-corrected chi connectivity index (χ4v) is 14.4. The maximum Gasteiger partial charge on any atom is 0.389 e. The van der Waals surface area contributed by atoms with Crippen LogP contribution in [0.2, 0.25) is 0 Å². The quantitative estimate of drug-likeness (QED) is 0.128. The van der Waals surface area contributed by atoms with Crippen molar-refractivity contribution in [3.8, 4) is 0 Å². The third-order valence-corrected chi connectivity index (χ3v) is 22.2. The second kappa shape index (κ2) is 28.8.